The molecule has 0 aliphatic heterocycles. The standard InChI is InChI=1S/C9H12ClNO/c1-6-3-8(5-12-11)4-9(10)7(6)2/h3-4H,5,11H2,1-2H3. The van der Waals surface area contributed by atoms with E-state index < -0.39 is 0 Å². The van der Waals surface area contributed by atoms with E-state index in [1.54, 1.807) is 0 Å². The van der Waals surface area contributed by atoms with Crippen LogP contribution in [0.25, 0.3) is 0 Å². The normalized spacial score (nSPS) is 10.3. The third kappa shape index (κ3) is 1.97. The minimum atomic E-state index is 0.404. The molecule has 3 heteroatoms. The topological polar surface area (TPSA) is 35.2 Å². The first-order chi connectivity index (χ1) is 5.65. The molecule has 0 heterocycles. The summed E-state index contributed by atoms with van der Waals surface area (Å²) in [6, 6.07) is 3.89. The van der Waals surface area contributed by atoms with Crippen LogP contribution in [0.4, 0.5) is 0 Å². The Kier molecular flexibility index (Phi) is 3.09. The van der Waals surface area contributed by atoms with Crippen molar-refractivity contribution >= 4 is 11.6 Å². The highest BCUT2D eigenvalue weighted by atomic mass is 35.5. The van der Waals surface area contributed by atoms with Crippen molar-refractivity contribution in [3.05, 3.63) is 33.8 Å². The zero-order valence-corrected chi connectivity index (χ0v) is 7.98. The number of rotatable bonds is 2. The first-order valence-corrected chi connectivity index (χ1v) is 4.10. The van der Waals surface area contributed by atoms with Gasteiger partial charge in [-0.25, -0.2) is 5.90 Å². The monoisotopic (exact) mass is 185 g/mol. The summed E-state index contributed by atoms with van der Waals surface area (Å²) in [6.45, 7) is 4.41. The fraction of sp³-hybridized carbons (Fsp3) is 0.333. The molecule has 0 bridgehead atoms. The molecule has 0 unspecified atom stereocenters. The predicted octanol–water partition coefficient (Wildman–Crippen LogP) is 2.35. The molecule has 66 valence electrons. The quantitative estimate of drug-likeness (QED) is 0.718. The smallest absolute Gasteiger partial charge is 0.0930 e. The van der Waals surface area contributed by atoms with Crippen LogP contribution in [0.15, 0.2) is 12.1 Å². The van der Waals surface area contributed by atoms with Crippen molar-refractivity contribution in [2.24, 2.45) is 5.90 Å². The second-order valence-corrected chi connectivity index (χ2v) is 3.24. The van der Waals surface area contributed by atoms with E-state index in [0.717, 1.165) is 21.7 Å². The van der Waals surface area contributed by atoms with Crippen molar-refractivity contribution in [3.8, 4) is 0 Å². The first kappa shape index (κ1) is 9.52. The number of hydrogen-bond donors (Lipinski definition) is 1. The second kappa shape index (κ2) is 3.90. The fourth-order valence-electron chi connectivity index (χ4n) is 1.07. The Bertz CT molecular complexity index is 263. The molecule has 2 nitrogen and oxygen atoms in total. The summed E-state index contributed by atoms with van der Waals surface area (Å²) in [5.41, 5.74) is 3.28. The Hall–Kier alpha value is -0.570. The minimum Gasteiger partial charge on any atom is -0.300 e. The molecule has 0 atom stereocenters. The molecule has 2 N–H and O–H groups in total. The van der Waals surface area contributed by atoms with Crippen molar-refractivity contribution in [3.63, 3.8) is 0 Å². The van der Waals surface area contributed by atoms with Gasteiger partial charge in [-0.1, -0.05) is 17.7 Å². The van der Waals surface area contributed by atoms with E-state index in [0.29, 0.717) is 6.61 Å². The summed E-state index contributed by atoms with van der Waals surface area (Å²) in [6.07, 6.45) is 0. The molecule has 0 aliphatic rings. The predicted molar refractivity (Wildman–Crippen MR) is 49.9 cm³/mol. The van der Waals surface area contributed by atoms with Crippen LogP contribution < -0.4 is 5.90 Å². The summed E-state index contributed by atoms with van der Waals surface area (Å²) in [5, 5.41) is 0.766. The maximum absolute atomic E-state index is 5.96. The van der Waals surface area contributed by atoms with Crippen molar-refractivity contribution in [2.75, 3.05) is 0 Å². The van der Waals surface area contributed by atoms with E-state index in [-0.39, 0.29) is 0 Å². The van der Waals surface area contributed by atoms with Gasteiger partial charge in [-0.15, -0.1) is 0 Å². The molecule has 1 rings (SSSR count). The SMILES string of the molecule is Cc1cc(CON)cc(Cl)c1C. The zero-order chi connectivity index (χ0) is 9.14. The number of benzene rings is 1. The Morgan fingerprint density at radius 3 is 2.58 bits per heavy atom. The van der Waals surface area contributed by atoms with Crippen molar-refractivity contribution in [1.29, 1.82) is 0 Å². The van der Waals surface area contributed by atoms with Gasteiger partial charge in [0.05, 0.1) is 6.61 Å². The van der Waals surface area contributed by atoms with Crippen LogP contribution >= 0.6 is 11.6 Å². The highest BCUT2D eigenvalue weighted by Crippen LogP contribution is 2.21. The van der Waals surface area contributed by atoms with Gasteiger partial charge in [-0.2, -0.15) is 0 Å². The molecule has 0 fully saturated rings. The number of nitrogens with two attached hydrogens (primary N) is 1. The summed E-state index contributed by atoms with van der Waals surface area (Å²) in [7, 11) is 0. The van der Waals surface area contributed by atoms with Crippen LogP contribution in [0.1, 0.15) is 16.7 Å². The van der Waals surface area contributed by atoms with Crippen LogP contribution in [0.3, 0.4) is 0 Å². The number of halogens is 1. The zero-order valence-electron chi connectivity index (χ0n) is 7.23. The lowest BCUT2D eigenvalue weighted by Gasteiger charge is -2.06. The second-order valence-electron chi connectivity index (χ2n) is 2.83. The van der Waals surface area contributed by atoms with Crippen LogP contribution in [0.2, 0.25) is 5.02 Å². The van der Waals surface area contributed by atoms with Gasteiger partial charge in [0.25, 0.3) is 0 Å². The number of aryl methyl sites for hydroxylation is 1. The highest BCUT2D eigenvalue weighted by molar-refractivity contribution is 6.31. The Balaban J connectivity index is 3.04. The Labute approximate surface area is 77.2 Å². The lowest BCUT2D eigenvalue weighted by atomic mass is 10.1. The number of hydrogen-bond acceptors (Lipinski definition) is 2. The van der Waals surface area contributed by atoms with Gasteiger partial charge in [0.1, 0.15) is 0 Å². The summed E-state index contributed by atoms with van der Waals surface area (Å²) in [5.74, 6) is 4.96. The molecule has 1 aromatic rings. The largest absolute Gasteiger partial charge is 0.300 e. The molecule has 0 radical (unpaired) electrons. The van der Waals surface area contributed by atoms with Crippen LogP contribution in [0.5, 0.6) is 0 Å². The van der Waals surface area contributed by atoms with Gasteiger partial charge >= 0.3 is 0 Å². The van der Waals surface area contributed by atoms with E-state index in [1.165, 1.54) is 0 Å². The van der Waals surface area contributed by atoms with Gasteiger partial charge in [0.2, 0.25) is 0 Å². The van der Waals surface area contributed by atoms with Gasteiger partial charge in [0, 0.05) is 5.02 Å². The third-order valence-electron chi connectivity index (χ3n) is 1.91. The lowest BCUT2D eigenvalue weighted by molar-refractivity contribution is 0.124. The molecule has 12 heavy (non-hydrogen) atoms. The maximum Gasteiger partial charge on any atom is 0.0930 e. The summed E-state index contributed by atoms with van der Waals surface area (Å²) in [4.78, 5) is 4.52. The Morgan fingerprint density at radius 1 is 1.42 bits per heavy atom. The van der Waals surface area contributed by atoms with Crippen LogP contribution in [-0.4, -0.2) is 0 Å². The van der Waals surface area contributed by atoms with E-state index in [9.17, 15) is 0 Å². The molecule has 0 aromatic heterocycles. The maximum atomic E-state index is 5.96. The van der Waals surface area contributed by atoms with E-state index in [4.69, 9.17) is 17.5 Å². The molecule has 0 aliphatic carbocycles. The third-order valence-corrected chi connectivity index (χ3v) is 2.31. The lowest BCUT2D eigenvalue weighted by Crippen LogP contribution is -1.99. The van der Waals surface area contributed by atoms with Crippen molar-refractivity contribution in [1.82, 2.24) is 0 Å². The van der Waals surface area contributed by atoms with Gasteiger partial charge in [-0.3, -0.25) is 4.84 Å². The van der Waals surface area contributed by atoms with E-state index in [1.807, 2.05) is 26.0 Å². The molecule has 0 spiro atoms. The van der Waals surface area contributed by atoms with Gasteiger partial charge < -0.3 is 0 Å². The fourth-order valence-corrected chi connectivity index (χ4v) is 1.36. The first-order valence-electron chi connectivity index (χ1n) is 3.72. The van der Waals surface area contributed by atoms with E-state index >= 15 is 0 Å². The average Bonchev–Trinajstić information content (AvgIpc) is 2.01. The minimum absolute atomic E-state index is 0.404. The molecule has 0 amide bonds. The van der Waals surface area contributed by atoms with Gasteiger partial charge in [0.15, 0.2) is 0 Å². The molecular weight excluding hydrogens is 174 g/mol. The van der Waals surface area contributed by atoms with E-state index in [2.05, 4.69) is 4.84 Å². The van der Waals surface area contributed by atoms with Gasteiger partial charge in [-0.05, 0) is 36.6 Å². The molecule has 0 saturated heterocycles. The molecule has 0 saturated carbocycles. The highest BCUT2D eigenvalue weighted by Gasteiger charge is 2.01. The van der Waals surface area contributed by atoms with Crippen LogP contribution in [-0.2, 0) is 11.4 Å². The van der Waals surface area contributed by atoms with Crippen molar-refractivity contribution < 1.29 is 4.84 Å². The van der Waals surface area contributed by atoms with Crippen LogP contribution in [0, 0.1) is 13.8 Å². The molecular formula is C9H12ClNO. The molecule has 1 aromatic carbocycles. The Morgan fingerprint density at radius 2 is 2.08 bits per heavy atom. The average molecular weight is 186 g/mol. The summed E-state index contributed by atoms with van der Waals surface area (Å²) < 4.78 is 0. The summed E-state index contributed by atoms with van der Waals surface area (Å²) >= 11 is 5.96. The van der Waals surface area contributed by atoms with Crippen molar-refractivity contribution in [2.45, 2.75) is 20.5 Å².